The van der Waals surface area contributed by atoms with Crippen LogP contribution in [-0.2, 0) is 16.1 Å². The highest BCUT2D eigenvalue weighted by Crippen LogP contribution is 2.23. The molecule has 4 aromatic rings. The Bertz CT molecular complexity index is 1110. The van der Waals surface area contributed by atoms with Crippen LogP contribution in [0.3, 0.4) is 0 Å². The van der Waals surface area contributed by atoms with Crippen molar-refractivity contribution < 1.29 is 14.3 Å². The van der Waals surface area contributed by atoms with E-state index in [9.17, 15) is 9.59 Å². The number of aromatic nitrogens is 3. The molecule has 6 nitrogen and oxygen atoms in total. The minimum Gasteiger partial charge on any atom is -0.448 e. The predicted octanol–water partition coefficient (Wildman–Crippen LogP) is 3.60. The van der Waals surface area contributed by atoms with Gasteiger partial charge < -0.3 is 4.74 Å². The van der Waals surface area contributed by atoms with Crippen molar-refractivity contribution in [2.24, 2.45) is 0 Å². The van der Waals surface area contributed by atoms with Gasteiger partial charge in [0.05, 0.1) is 5.52 Å². The molecular weight excluding hydrogens is 354 g/mol. The first-order valence-electron chi connectivity index (χ1n) is 8.84. The summed E-state index contributed by atoms with van der Waals surface area (Å²) < 4.78 is 7.06. The number of rotatable bonds is 6. The molecule has 4 rings (SSSR count). The molecule has 1 heterocycles. The zero-order chi connectivity index (χ0) is 19.3. The SMILES string of the molecule is O=C(Cn1nnc2ccccc21)O[C@@H](C(=O)c1ccccc1)c1ccccc1. The standard InChI is InChI=1S/C22H17N3O3/c26-20(15-25-19-14-8-7-13-18(19)23-24-25)28-22(17-11-5-2-6-12-17)21(27)16-9-3-1-4-10-16/h1-14,22H,15H2/t22-/m1/s1. The van der Waals surface area contributed by atoms with Crippen LogP contribution < -0.4 is 0 Å². The maximum Gasteiger partial charge on any atom is 0.328 e. The molecule has 0 aliphatic carbocycles. The van der Waals surface area contributed by atoms with E-state index in [0.29, 0.717) is 16.6 Å². The summed E-state index contributed by atoms with van der Waals surface area (Å²) in [5.41, 5.74) is 2.52. The van der Waals surface area contributed by atoms with Crippen LogP contribution in [0.15, 0.2) is 84.9 Å². The minimum absolute atomic E-state index is 0.133. The highest BCUT2D eigenvalue weighted by Gasteiger charge is 2.26. The van der Waals surface area contributed by atoms with E-state index in [-0.39, 0.29) is 12.3 Å². The quantitative estimate of drug-likeness (QED) is 0.382. The molecule has 0 aliphatic rings. The summed E-state index contributed by atoms with van der Waals surface area (Å²) in [6.45, 7) is -0.133. The number of carbonyl (C=O) groups excluding carboxylic acids is 2. The topological polar surface area (TPSA) is 74.1 Å². The number of ether oxygens (including phenoxy) is 1. The lowest BCUT2D eigenvalue weighted by molar-refractivity contribution is -0.148. The van der Waals surface area contributed by atoms with Crippen LogP contribution in [0.1, 0.15) is 22.0 Å². The molecule has 3 aromatic carbocycles. The summed E-state index contributed by atoms with van der Waals surface area (Å²) in [5, 5.41) is 8.03. The van der Waals surface area contributed by atoms with Gasteiger partial charge in [0.15, 0.2) is 6.10 Å². The molecule has 6 heteroatoms. The Morgan fingerprint density at radius 1 is 0.857 bits per heavy atom. The molecule has 0 radical (unpaired) electrons. The molecule has 1 atom stereocenters. The van der Waals surface area contributed by atoms with E-state index in [1.807, 2.05) is 36.4 Å². The Kier molecular flexibility index (Phi) is 4.93. The van der Waals surface area contributed by atoms with Crippen molar-refractivity contribution in [1.82, 2.24) is 15.0 Å². The average molecular weight is 371 g/mol. The van der Waals surface area contributed by atoms with E-state index in [4.69, 9.17) is 4.74 Å². The fourth-order valence-electron chi connectivity index (χ4n) is 2.98. The van der Waals surface area contributed by atoms with Crippen molar-refractivity contribution in [2.45, 2.75) is 12.6 Å². The summed E-state index contributed by atoms with van der Waals surface area (Å²) in [5.74, 6) is -0.836. The summed E-state index contributed by atoms with van der Waals surface area (Å²) in [4.78, 5) is 25.6. The lowest BCUT2D eigenvalue weighted by Gasteiger charge is -2.17. The number of Topliss-reactive ketones (excluding diaryl/α,β-unsaturated/α-hetero) is 1. The molecule has 0 saturated carbocycles. The number of esters is 1. The molecule has 0 fully saturated rings. The van der Waals surface area contributed by atoms with Gasteiger partial charge in [-0.05, 0) is 12.1 Å². The van der Waals surface area contributed by atoms with Crippen molar-refractivity contribution in [1.29, 1.82) is 0 Å². The monoisotopic (exact) mass is 371 g/mol. The van der Waals surface area contributed by atoms with E-state index < -0.39 is 12.1 Å². The number of benzene rings is 3. The van der Waals surface area contributed by atoms with Crippen LogP contribution in [0.5, 0.6) is 0 Å². The molecule has 0 unspecified atom stereocenters. The van der Waals surface area contributed by atoms with Crippen molar-refractivity contribution in [2.75, 3.05) is 0 Å². The third kappa shape index (κ3) is 3.66. The molecule has 0 saturated heterocycles. The van der Waals surface area contributed by atoms with Crippen LogP contribution in [-0.4, -0.2) is 26.7 Å². The number of nitrogens with zero attached hydrogens (tertiary/aromatic N) is 3. The summed E-state index contributed by atoms with van der Waals surface area (Å²) in [6, 6.07) is 25.1. The number of hydrogen-bond donors (Lipinski definition) is 0. The van der Waals surface area contributed by atoms with Crippen LogP contribution in [0.25, 0.3) is 11.0 Å². The number of fused-ring (bicyclic) bond motifs is 1. The third-order valence-electron chi connectivity index (χ3n) is 4.35. The van der Waals surface area contributed by atoms with E-state index in [1.165, 1.54) is 4.68 Å². The first-order valence-corrected chi connectivity index (χ1v) is 8.84. The van der Waals surface area contributed by atoms with Gasteiger partial charge in [-0.15, -0.1) is 5.10 Å². The van der Waals surface area contributed by atoms with Crippen molar-refractivity contribution in [3.63, 3.8) is 0 Å². The van der Waals surface area contributed by atoms with E-state index in [0.717, 1.165) is 5.52 Å². The Labute approximate surface area is 161 Å². The van der Waals surface area contributed by atoms with Gasteiger partial charge in [-0.25, -0.2) is 4.68 Å². The molecule has 0 aliphatic heterocycles. The maximum atomic E-state index is 13.0. The minimum atomic E-state index is -1.02. The first-order chi connectivity index (χ1) is 13.7. The third-order valence-corrected chi connectivity index (χ3v) is 4.35. The van der Waals surface area contributed by atoms with Crippen molar-refractivity contribution in [3.05, 3.63) is 96.1 Å². The maximum absolute atomic E-state index is 13.0. The highest BCUT2D eigenvalue weighted by molar-refractivity contribution is 6.01. The second-order valence-electron chi connectivity index (χ2n) is 6.25. The van der Waals surface area contributed by atoms with Gasteiger partial charge in [0.25, 0.3) is 0 Å². The fourth-order valence-corrected chi connectivity index (χ4v) is 2.98. The van der Waals surface area contributed by atoms with Gasteiger partial charge in [0.1, 0.15) is 12.1 Å². The normalized spacial score (nSPS) is 11.9. The molecule has 0 N–H and O–H groups in total. The van der Waals surface area contributed by atoms with Gasteiger partial charge in [-0.1, -0.05) is 78.0 Å². The number of ketones is 1. The van der Waals surface area contributed by atoms with Gasteiger partial charge >= 0.3 is 5.97 Å². The van der Waals surface area contributed by atoms with E-state index in [2.05, 4.69) is 10.3 Å². The molecule has 0 amide bonds. The first kappa shape index (κ1) is 17.6. The summed E-state index contributed by atoms with van der Waals surface area (Å²) in [7, 11) is 0. The Hall–Kier alpha value is -3.80. The second-order valence-corrected chi connectivity index (χ2v) is 6.25. The largest absolute Gasteiger partial charge is 0.448 e. The van der Waals surface area contributed by atoms with Crippen LogP contribution in [0, 0.1) is 0 Å². The fraction of sp³-hybridized carbons (Fsp3) is 0.0909. The average Bonchev–Trinajstić information content (AvgIpc) is 3.15. The van der Waals surface area contributed by atoms with Crippen LogP contribution in [0.2, 0.25) is 0 Å². The molecule has 0 spiro atoms. The summed E-state index contributed by atoms with van der Waals surface area (Å²) in [6.07, 6.45) is -1.02. The molecule has 0 bridgehead atoms. The molecule has 1 aromatic heterocycles. The Morgan fingerprint density at radius 2 is 1.50 bits per heavy atom. The number of carbonyl (C=O) groups is 2. The van der Waals surface area contributed by atoms with E-state index in [1.54, 1.807) is 48.5 Å². The van der Waals surface area contributed by atoms with Crippen molar-refractivity contribution in [3.8, 4) is 0 Å². The van der Waals surface area contributed by atoms with E-state index >= 15 is 0 Å². The van der Waals surface area contributed by atoms with Gasteiger partial charge in [-0.3, -0.25) is 9.59 Å². The van der Waals surface area contributed by atoms with Crippen LogP contribution >= 0.6 is 0 Å². The Morgan fingerprint density at radius 3 is 2.25 bits per heavy atom. The van der Waals surface area contributed by atoms with Crippen molar-refractivity contribution >= 4 is 22.8 Å². The smallest absolute Gasteiger partial charge is 0.328 e. The van der Waals surface area contributed by atoms with Crippen LogP contribution in [0.4, 0.5) is 0 Å². The van der Waals surface area contributed by atoms with Gasteiger partial charge in [0.2, 0.25) is 5.78 Å². The van der Waals surface area contributed by atoms with Gasteiger partial charge in [-0.2, -0.15) is 0 Å². The lowest BCUT2D eigenvalue weighted by atomic mass is 10.00. The predicted molar refractivity (Wildman–Crippen MR) is 104 cm³/mol. The number of hydrogen-bond acceptors (Lipinski definition) is 5. The van der Waals surface area contributed by atoms with Gasteiger partial charge in [0, 0.05) is 11.1 Å². The lowest BCUT2D eigenvalue weighted by Crippen LogP contribution is -2.23. The number of para-hydroxylation sites is 1. The molecule has 138 valence electrons. The zero-order valence-corrected chi connectivity index (χ0v) is 14.9. The highest BCUT2D eigenvalue weighted by atomic mass is 16.5. The zero-order valence-electron chi connectivity index (χ0n) is 14.9. The summed E-state index contributed by atoms with van der Waals surface area (Å²) >= 11 is 0. The Balaban J connectivity index is 1.58. The molecular formula is C22H17N3O3. The second kappa shape index (κ2) is 7.84. The molecule has 28 heavy (non-hydrogen) atoms.